The maximum atomic E-state index is 10.4. The zero-order valence-electron chi connectivity index (χ0n) is 13.2. The molecule has 1 unspecified atom stereocenters. The first kappa shape index (κ1) is 15.8. The number of carbonyl (C=O) groups excluding carboxylic acids is 1. The van der Waals surface area contributed by atoms with E-state index in [0.29, 0.717) is 29.7 Å². The van der Waals surface area contributed by atoms with Crippen LogP contribution in [-0.4, -0.2) is 22.7 Å². The Morgan fingerprint density at radius 2 is 1.96 bits per heavy atom. The number of rotatable bonds is 6. The van der Waals surface area contributed by atoms with Crippen LogP contribution >= 0.6 is 0 Å². The van der Waals surface area contributed by atoms with Gasteiger partial charge in [-0.3, -0.25) is 9.78 Å². The summed E-state index contributed by atoms with van der Waals surface area (Å²) in [6.07, 6.45) is 1.68. The molecule has 1 heterocycles. The van der Waals surface area contributed by atoms with Gasteiger partial charge in [0.15, 0.2) is 0 Å². The molecule has 0 fully saturated rings. The van der Waals surface area contributed by atoms with Crippen molar-refractivity contribution in [2.45, 2.75) is 19.4 Å². The molecule has 1 aromatic heterocycles. The number of benzene rings is 2. The molecule has 0 aliphatic carbocycles. The molecule has 5 heteroatoms. The van der Waals surface area contributed by atoms with E-state index in [9.17, 15) is 9.90 Å². The highest BCUT2D eigenvalue weighted by atomic mass is 16.5. The molecular formula is C19H17NO4. The van der Waals surface area contributed by atoms with Gasteiger partial charge in [0.05, 0.1) is 5.69 Å². The molecule has 0 radical (unpaired) electrons. The van der Waals surface area contributed by atoms with Crippen molar-refractivity contribution in [3.8, 4) is 17.2 Å². The van der Waals surface area contributed by atoms with E-state index in [2.05, 4.69) is 4.98 Å². The maximum absolute atomic E-state index is 10.4. The molecule has 0 saturated heterocycles. The van der Waals surface area contributed by atoms with Crippen molar-refractivity contribution >= 4 is 17.2 Å². The Hall–Kier alpha value is -3.08. The van der Waals surface area contributed by atoms with E-state index in [0.717, 1.165) is 11.1 Å². The van der Waals surface area contributed by atoms with Crippen molar-refractivity contribution in [1.29, 1.82) is 0 Å². The molecule has 0 spiro atoms. The van der Waals surface area contributed by atoms with Crippen molar-refractivity contribution in [3.63, 3.8) is 0 Å². The molecule has 3 aromatic rings. The molecule has 0 aliphatic heterocycles. The third-order valence-corrected chi connectivity index (χ3v) is 3.66. The summed E-state index contributed by atoms with van der Waals surface area (Å²) in [5.41, 5.74) is 0.494. The summed E-state index contributed by atoms with van der Waals surface area (Å²) in [6, 6.07) is 14.9. The van der Waals surface area contributed by atoms with Crippen LogP contribution in [0.4, 0.5) is 0 Å². The molecule has 1 N–H and O–H groups in total. The number of ether oxygens (including phenoxy) is 2. The van der Waals surface area contributed by atoms with Crippen LogP contribution in [-0.2, 0) is 16.0 Å². The molecule has 0 saturated carbocycles. The van der Waals surface area contributed by atoms with Crippen LogP contribution in [0, 0.1) is 0 Å². The Bertz CT molecular complexity index is 849. The first-order valence-electron chi connectivity index (χ1n) is 7.60. The fourth-order valence-electron chi connectivity index (χ4n) is 2.48. The zero-order valence-corrected chi connectivity index (χ0v) is 13.2. The lowest BCUT2D eigenvalue weighted by molar-refractivity contribution is -0.132. The zero-order chi connectivity index (χ0) is 16.9. The largest absolute Gasteiger partial charge is 0.505 e. The van der Waals surface area contributed by atoms with Gasteiger partial charge < -0.3 is 14.6 Å². The van der Waals surface area contributed by atoms with Crippen molar-refractivity contribution in [3.05, 3.63) is 60.4 Å². The SMILES string of the molecule is CC(Cc1ncc2cc(Oc3ccccc3)ccc2c1O)OC=O. The highest BCUT2D eigenvalue weighted by molar-refractivity contribution is 5.89. The molecule has 24 heavy (non-hydrogen) atoms. The van der Waals surface area contributed by atoms with Crippen LogP contribution in [0.3, 0.4) is 0 Å². The minimum absolute atomic E-state index is 0.0973. The average Bonchev–Trinajstić information content (AvgIpc) is 2.59. The Morgan fingerprint density at radius 1 is 1.17 bits per heavy atom. The Labute approximate surface area is 139 Å². The predicted octanol–water partition coefficient (Wildman–Crippen LogP) is 3.84. The normalized spacial score (nSPS) is 11.9. The van der Waals surface area contributed by atoms with Gasteiger partial charge in [-0.15, -0.1) is 0 Å². The van der Waals surface area contributed by atoms with Crippen LogP contribution in [0.5, 0.6) is 17.2 Å². The summed E-state index contributed by atoms with van der Waals surface area (Å²) in [6.45, 7) is 2.15. The van der Waals surface area contributed by atoms with Gasteiger partial charge in [0.2, 0.25) is 0 Å². The second-order valence-corrected chi connectivity index (χ2v) is 5.46. The molecule has 0 aliphatic rings. The number of aromatic hydroxyl groups is 1. The standard InChI is InChI=1S/C19H17NO4/c1-13(23-12-21)9-18-19(22)17-8-7-16(10-14(17)11-20-18)24-15-5-3-2-4-6-15/h2-8,10-13,22H,9H2,1H3. The van der Waals surface area contributed by atoms with Crippen LogP contribution in [0.1, 0.15) is 12.6 Å². The third kappa shape index (κ3) is 3.46. The summed E-state index contributed by atoms with van der Waals surface area (Å²) in [4.78, 5) is 14.6. The van der Waals surface area contributed by atoms with Crippen LogP contribution in [0.15, 0.2) is 54.7 Å². The van der Waals surface area contributed by atoms with E-state index < -0.39 is 0 Å². The van der Waals surface area contributed by atoms with Crippen molar-refractivity contribution in [2.75, 3.05) is 0 Å². The van der Waals surface area contributed by atoms with Gasteiger partial charge in [0.25, 0.3) is 6.47 Å². The molecule has 122 valence electrons. The molecule has 0 bridgehead atoms. The predicted molar refractivity (Wildman–Crippen MR) is 90.2 cm³/mol. The number of aromatic nitrogens is 1. The van der Waals surface area contributed by atoms with E-state index in [4.69, 9.17) is 9.47 Å². The summed E-state index contributed by atoms with van der Waals surface area (Å²) in [5, 5.41) is 11.9. The van der Waals surface area contributed by atoms with Gasteiger partial charge in [0, 0.05) is 23.4 Å². The fourth-order valence-corrected chi connectivity index (χ4v) is 2.48. The number of para-hydroxylation sites is 1. The lowest BCUT2D eigenvalue weighted by atomic mass is 10.1. The van der Waals surface area contributed by atoms with E-state index in [1.807, 2.05) is 36.4 Å². The molecule has 1 atom stereocenters. The van der Waals surface area contributed by atoms with E-state index >= 15 is 0 Å². The fraction of sp³-hybridized carbons (Fsp3) is 0.158. The molecule has 5 nitrogen and oxygen atoms in total. The lowest BCUT2D eigenvalue weighted by Crippen LogP contribution is -2.11. The Kier molecular flexibility index (Phi) is 4.61. The summed E-state index contributed by atoms with van der Waals surface area (Å²) < 4.78 is 10.6. The number of fused-ring (bicyclic) bond motifs is 1. The van der Waals surface area contributed by atoms with Crippen LogP contribution < -0.4 is 4.74 Å². The van der Waals surface area contributed by atoms with Gasteiger partial charge >= 0.3 is 0 Å². The second kappa shape index (κ2) is 7.00. The van der Waals surface area contributed by atoms with Gasteiger partial charge in [-0.2, -0.15) is 0 Å². The summed E-state index contributed by atoms with van der Waals surface area (Å²) in [7, 11) is 0. The summed E-state index contributed by atoms with van der Waals surface area (Å²) >= 11 is 0. The maximum Gasteiger partial charge on any atom is 0.293 e. The summed E-state index contributed by atoms with van der Waals surface area (Å²) in [5.74, 6) is 1.51. The Morgan fingerprint density at radius 3 is 2.71 bits per heavy atom. The molecule has 0 amide bonds. The van der Waals surface area contributed by atoms with E-state index in [1.54, 1.807) is 25.3 Å². The first-order chi connectivity index (χ1) is 11.7. The van der Waals surface area contributed by atoms with Gasteiger partial charge in [0.1, 0.15) is 23.4 Å². The van der Waals surface area contributed by atoms with Crippen molar-refractivity contribution in [2.24, 2.45) is 0 Å². The number of pyridine rings is 1. The Balaban J connectivity index is 1.87. The topological polar surface area (TPSA) is 68.7 Å². The number of hydrogen-bond donors (Lipinski definition) is 1. The molecule has 3 rings (SSSR count). The third-order valence-electron chi connectivity index (χ3n) is 3.66. The quantitative estimate of drug-likeness (QED) is 0.698. The lowest BCUT2D eigenvalue weighted by Gasteiger charge is -2.12. The second-order valence-electron chi connectivity index (χ2n) is 5.46. The van der Waals surface area contributed by atoms with Gasteiger partial charge in [-0.1, -0.05) is 18.2 Å². The smallest absolute Gasteiger partial charge is 0.293 e. The van der Waals surface area contributed by atoms with Gasteiger partial charge in [-0.25, -0.2) is 0 Å². The molecular weight excluding hydrogens is 306 g/mol. The number of nitrogens with zero attached hydrogens (tertiary/aromatic N) is 1. The van der Waals surface area contributed by atoms with Gasteiger partial charge in [-0.05, 0) is 37.3 Å². The molecule has 2 aromatic carbocycles. The van der Waals surface area contributed by atoms with Crippen LogP contribution in [0.25, 0.3) is 10.8 Å². The highest BCUT2D eigenvalue weighted by Gasteiger charge is 2.13. The minimum Gasteiger partial charge on any atom is -0.505 e. The highest BCUT2D eigenvalue weighted by Crippen LogP contribution is 2.32. The van der Waals surface area contributed by atoms with Crippen molar-refractivity contribution < 1.29 is 19.4 Å². The van der Waals surface area contributed by atoms with E-state index in [1.165, 1.54) is 0 Å². The number of carbonyl (C=O) groups is 1. The van der Waals surface area contributed by atoms with E-state index in [-0.39, 0.29) is 11.9 Å². The minimum atomic E-state index is -0.348. The number of hydrogen-bond acceptors (Lipinski definition) is 5. The first-order valence-corrected chi connectivity index (χ1v) is 7.60. The average molecular weight is 323 g/mol. The van der Waals surface area contributed by atoms with Crippen molar-refractivity contribution in [1.82, 2.24) is 4.98 Å². The monoisotopic (exact) mass is 323 g/mol. The van der Waals surface area contributed by atoms with Crippen LogP contribution in [0.2, 0.25) is 0 Å².